The van der Waals surface area contributed by atoms with Gasteiger partial charge in [-0.15, -0.1) is 0 Å². The van der Waals surface area contributed by atoms with E-state index in [1.54, 1.807) is 50.2 Å². The summed E-state index contributed by atoms with van der Waals surface area (Å²) in [4.78, 5) is 47.1. The Morgan fingerprint density at radius 1 is 1.09 bits per heavy atom. The number of methoxy groups -OCH3 is 3. The number of aliphatic hydroxyl groups is 1. The third-order valence-corrected chi connectivity index (χ3v) is 8.77. The standard InChI is InChI=1S/C34H39N5O7S/c1-18(41)35-23-9-6-19-14-29(44-2)32(45-3)33(46-4)31(19)21-8-11-25(28(42)16-22(21)23)37-26(12-13-47-5)34(43)36-20-7-10-24-27(15-20)39-30(17-40)38-24/h7-8,10-11,14-16,23,26,40H,6,9,12-13,17H2,1-5H3,(H,35,41)(H,36,43)(H,37,42)(H,38,39)/t23-,26+/m0/s1. The first-order valence-electron chi connectivity index (χ1n) is 15.1. The van der Waals surface area contributed by atoms with Gasteiger partial charge in [0.2, 0.25) is 23.0 Å². The Kier molecular flexibility index (Phi) is 10.6. The number of H-pyrrole nitrogens is 1. The van der Waals surface area contributed by atoms with Crippen LogP contribution in [0.4, 0.5) is 11.4 Å². The number of amides is 2. The Morgan fingerprint density at radius 2 is 1.87 bits per heavy atom. The number of nitrogens with one attached hydrogen (secondary N) is 4. The molecule has 0 radical (unpaired) electrons. The molecule has 5 rings (SSSR count). The van der Waals surface area contributed by atoms with Crippen LogP contribution < -0.4 is 35.6 Å². The van der Waals surface area contributed by atoms with Crippen LogP contribution in [0, 0.1) is 0 Å². The Hall–Kier alpha value is -4.75. The molecule has 12 nitrogen and oxygen atoms in total. The van der Waals surface area contributed by atoms with Crippen LogP contribution >= 0.6 is 11.8 Å². The summed E-state index contributed by atoms with van der Waals surface area (Å²) in [7, 11) is 4.64. The van der Waals surface area contributed by atoms with E-state index in [1.807, 2.05) is 18.4 Å². The van der Waals surface area contributed by atoms with Gasteiger partial charge in [-0.1, -0.05) is 6.07 Å². The van der Waals surface area contributed by atoms with E-state index < -0.39 is 12.1 Å². The van der Waals surface area contributed by atoms with Crippen molar-refractivity contribution in [1.82, 2.24) is 15.3 Å². The van der Waals surface area contributed by atoms with Gasteiger partial charge in [-0.2, -0.15) is 11.8 Å². The number of hydrogen-bond acceptors (Lipinski definition) is 10. The molecule has 4 aromatic rings. The predicted molar refractivity (Wildman–Crippen MR) is 184 cm³/mol. The van der Waals surface area contributed by atoms with Crippen LogP contribution in [0.1, 0.15) is 42.8 Å². The van der Waals surface area contributed by atoms with Crippen molar-refractivity contribution < 1.29 is 28.9 Å². The van der Waals surface area contributed by atoms with Crippen molar-refractivity contribution in [3.05, 3.63) is 69.6 Å². The number of thioether (sulfide) groups is 1. The fraction of sp³-hybridized carbons (Fsp3) is 0.353. The number of carbonyl (C=O) groups is 2. The molecule has 5 N–H and O–H groups in total. The Morgan fingerprint density at radius 3 is 2.55 bits per heavy atom. The molecule has 2 atom stereocenters. The highest BCUT2D eigenvalue weighted by atomic mass is 32.2. The third kappa shape index (κ3) is 7.15. The smallest absolute Gasteiger partial charge is 0.246 e. The van der Waals surface area contributed by atoms with E-state index in [0.717, 1.165) is 11.1 Å². The molecule has 47 heavy (non-hydrogen) atoms. The first-order chi connectivity index (χ1) is 22.7. The molecule has 1 aliphatic rings. The maximum Gasteiger partial charge on any atom is 0.246 e. The van der Waals surface area contributed by atoms with Crippen LogP contribution in [0.2, 0.25) is 0 Å². The predicted octanol–water partition coefficient (Wildman–Crippen LogP) is 4.40. The van der Waals surface area contributed by atoms with Crippen molar-refractivity contribution in [1.29, 1.82) is 0 Å². The molecule has 0 saturated heterocycles. The summed E-state index contributed by atoms with van der Waals surface area (Å²) < 4.78 is 17.2. The number of aromatic nitrogens is 2. The van der Waals surface area contributed by atoms with Gasteiger partial charge in [0.25, 0.3) is 0 Å². The molecule has 0 unspecified atom stereocenters. The molecule has 1 aliphatic carbocycles. The van der Waals surface area contributed by atoms with Crippen LogP contribution in [0.5, 0.6) is 17.2 Å². The van der Waals surface area contributed by atoms with Crippen molar-refractivity contribution in [3.8, 4) is 28.4 Å². The summed E-state index contributed by atoms with van der Waals surface area (Å²) in [5.74, 6) is 1.95. The fourth-order valence-corrected chi connectivity index (χ4v) is 6.44. The minimum absolute atomic E-state index is 0.221. The summed E-state index contributed by atoms with van der Waals surface area (Å²) in [6.45, 7) is 1.22. The number of ether oxygens (including phenoxy) is 3. The van der Waals surface area contributed by atoms with Crippen molar-refractivity contribution >= 4 is 46.0 Å². The Labute approximate surface area is 276 Å². The van der Waals surface area contributed by atoms with E-state index in [9.17, 15) is 19.5 Å². The van der Waals surface area contributed by atoms with Gasteiger partial charge in [0.15, 0.2) is 11.5 Å². The summed E-state index contributed by atoms with van der Waals surface area (Å²) in [5, 5.41) is 18.6. The van der Waals surface area contributed by atoms with Gasteiger partial charge in [-0.05, 0) is 84.4 Å². The second-order valence-electron chi connectivity index (χ2n) is 11.1. The van der Waals surface area contributed by atoms with E-state index in [2.05, 4.69) is 25.9 Å². The van der Waals surface area contributed by atoms with Crippen LogP contribution in [-0.4, -0.2) is 66.3 Å². The maximum atomic E-state index is 13.9. The average Bonchev–Trinajstić information content (AvgIpc) is 3.34. The number of anilines is 2. The highest BCUT2D eigenvalue weighted by molar-refractivity contribution is 7.98. The van der Waals surface area contributed by atoms with E-state index in [0.29, 0.717) is 75.9 Å². The molecule has 3 aromatic carbocycles. The van der Waals surface area contributed by atoms with Crippen molar-refractivity contribution in [2.24, 2.45) is 0 Å². The summed E-state index contributed by atoms with van der Waals surface area (Å²) in [5.41, 5.74) is 4.78. The molecule has 1 heterocycles. The zero-order chi connectivity index (χ0) is 33.7. The third-order valence-electron chi connectivity index (χ3n) is 8.12. The molecule has 0 spiro atoms. The minimum Gasteiger partial charge on any atom is -0.493 e. The van der Waals surface area contributed by atoms with Crippen molar-refractivity contribution in [2.75, 3.05) is 44.0 Å². The largest absolute Gasteiger partial charge is 0.493 e. The van der Waals surface area contributed by atoms with Gasteiger partial charge in [0.1, 0.15) is 18.5 Å². The zero-order valence-corrected chi connectivity index (χ0v) is 27.8. The normalized spacial score (nSPS) is 14.3. The number of fused-ring (bicyclic) bond motifs is 4. The molecule has 13 heteroatoms. The number of nitrogens with zero attached hydrogens (tertiary/aromatic N) is 1. The highest BCUT2D eigenvalue weighted by Crippen LogP contribution is 2.50. The zero-order valence-electron chi connectivity index (χ0n) is 27.0. The van der Waals surface area contributed by atoms with Gasteiger partial charge < -0.3 is 40.3 Å². The number of rotatable bonds is 12. The molecule has 0 fully saturated rings. The van der Waals surface area contributed by atoms with Gasteiger partial charge in [0, 0.05) is 18.2 Å². The fourth-order valence-electron chi connectivity index (χ4n) is 5.96. The number of aryl methyl sites for hydroxylation is 1. The van der Waals surface area contributed by atoms with E-state index >= 15 is 0 Å². The number of aliphatic hydroxyl groups excluding tert-OH is 1. The SMILES string of the molecule is COc1cc2c(c(OC)c1OC)-c1ccc(N[C@H](CCSC)C(=O)Nc3ccc4nc(CO)[nH]c4c3)c(=O)cc1[C@@H](NC(C)=O)CC2. The quantitative estimate of drug-likeness (QED) is 0.147. The van der Waals surface area contributed by atoms with Crippen LogP contribution in [0.15, 0.2) is 47.3 Å². The number of benzene rings is 2. The molecule has 0 aliphatic heterocycles. The lowest BCUT2D eigenvalue weighted by molar-refractivity contribution is -0.120. The highest BCUT2D eigenvalue weighted by Gasteiger charge is 2.30. The van der Waals surface area contributed by atoms with Crippen molar-refractivity contribution in [3.63, 3.8) is 0 Å². The van der Waals surface area contributed by atoms with Gasteiger partial charge in [-0.3, -0.25) is 14.4 Å². The van der Waals surface area contributed by atoms with Gasteiger partial charge in [-0.25, -0.2) is 4.98 Å². The van der Waals surface area contributed by atoms with Crippen LogP contribution in [-0.2, 0) is 22.6 Å². The van der Waals surface area contributed by atoms with E-state index in [4.69, 9.17) is 14.2 Å². The first kappa shape index (κ1) is 33.6. The Bertz CT molecular complexity index is 1860. The van der Waals surface area contributed by atoms with E-state index in [1.165, 1.54) is 20.1 Å². The van der Waals surface area contributed by atoms with Gasteiger partial charge in [0.05, 0.1) is 44.1 Å². The monoisotopic (exact) mass is 661 g/mol. The lowest BCUT2D eigenvalue weighted by atomic mass is 9.95. The van der Waals surface area contributed by atoms with E-state index in [-0.39, 0.29) is 29.5 Å². The number of carbonyl (C=O) groups excluding carboxylic acids is 2. The van der Waals surface area contributed by atoms with Gasteiger partial charge >= 0.3 is 0 Å². The van der Waals surface area contributed by atoms with Crippen LogP contribution in [0.25, 0.3) is 22.2 Å². The summed E-state index contributed by atoms with van der Waals surface area (Å²) in [6.07, 6.45) is 3.52. The summed E-state index contributed by atoms with van der Waals surface area (Å²) >= 11 is 1.59. The Balaban J connectivity index is 1.56. The number of aromatic amines is 1. The number of hydrogen-bond donors (Lipinski definition) is 5. The molecular formula is C34H39N5O7S. The first-order valence-corrected chi connectivity index (χ1v) is 16.5. The minimum atomic E-state index is -0.736. The molecule has 0 bridgehead atoms. The second kappa shape index (κ2) is 14.8. The molecule has 0 saturated carbocycles. The molecule has 248 valence electrons. The topological polar surface area (TPSA) is 164 Å². The second-order valence-corrected chi connectivity index (χ2v) is 12.1. The van der Waals surface area contributed by atoms with Crippen LogP contribution in [0.3, 0.4) is 0 Å². The number of imidazole rings is 1. The average molecular weight is 662 g/mol. The lowest BCUT2D eigenvalue weighted by Gasteiger charge is -2.19. The lowest BCUT2D eigenvalue weighted by Crippen LogP contribution is -2.36. The molecule has 2 amide bonds. The molecule has 1 aromatic heterocycles. The maximum absolute atomic E-state index is 13.9. The summed E-state index contributed by atoms with van der Waals surface area (Å²) in [6, 6.07) is 11.0. The molecular weight excluding hydrogens is 622 g/mol. The van der Waals surface area contributed by atoms with Crippen molar-refractivity contribution in [2.45, 2.75) is 44.9 Å².